The molecule has 2 N–H and O–H groups in total. The van der Waals surface area contributed by atoms with Crippen molar-refractivity contribution in [3.63, 3.8) is 0 Å². The second-order valence-electron chi connectivity index (χ2n) is 4.89. The molecule has 0 spiro atoms. The Balaban J connectivity index is 1.73. The van der Waals surface area contributed by atoms with Crippen LogP contribution in [0.1, 0.15) is 23.2 Å². The molecule has 0 radical (unpaired) electrons. The summed E-state index contributed by atoms with van der Waals surface area (Å²) in [4.78, 5) is 14.1. The Bertz CT molecular complexity index is 390. The van der Waals surface area contributed by atoms with Crippen LogP contribution in [-0.2, 0) is 0 Å². The smallest absolute Gasteiger partial charge is 0.254 e. The van der Waals surface area contributed by atoms with Gasteiger partial charge in [0, 0.05) is 24.5 Å². The highest BCUT2D eigenvalue weighted by molar-refractivity contribution is 7.08. The fourth-order valence-electron chi connectivity index (χ4n) is 3.04. The summed E-state index contributed by atoms with van der Waals surface area (Å²) in [5.41, 5.74) is 6.90. The maximum Gasteiger partial charge on any atom is 0.254 e. The van der Waals surface area contributed by atoms with E-state index >= 15 is 0 Å². The molecule has 1 saturated carbocycles. The Hall–Kier alpha value is -0.870. The first-order chi connectivity index (χ1) is 7.75. The summed E-state index contributed by atoms with van der Waals surface area (Å²) in [5, 5.41) is 3.88. The Kier molecular flexibility index (Phi) is 2.48. The number of nitrogens with two attached hydrogens (primary N) is 1. The number of nitrogens with zero attached hydrogens (tertiary/aromatic N) is 1. The SMILES string of the molecule is N[C@@H]1CC[C@H]2CN(C(=O)c3ccsc3)C[C@@H]21. The van der Waals surface area contributed by atoms with Crippen LogP contribution < -0.4 is 5.73 Å². The third-order valence-corrected chi connectivity index (χ3v) is 4.65. The van der Waals surface area contributed by atoms with E-state index in [0.29, 0.717) is 17.9 Å². The summed E-state index contributed by atoms with van der Waals surface area (Å²) in [7, 11) is 0. The molecule has 3 nitrogen and oxygen atoms in total. The maximum absolute atomic E-state index is 12.1. The predicted molar refractivity (Wildman–Crippen MR) is 64.4 cm³/mol. The highest BCUT2D eigenvalue weighted by Gasteiger charge is 2.42. The molecule has 1 aromatic heterocycles. The predicted octanol–water partition coefficient (Wildman–Crippen LogP) is 1.56. The highest BCUT2D eigenvalue weighted by Crippen LogP contribution is 2.37. The molecule has 3 rings (SSSR count). The van der Waals surface area contributed by atoms with Crippen LogP contribution >= 0.6 is 11.3 Å². The second-order valence-corrected chi connectivity index (χ2v) is 5.67. The summed E-state index contributed by atoms with van der Waals surface area (Å²) >= 11 is 1.58. The van der Waals surface area contributed by atoms with E-state index in [-0.39, 0.29) is 5.91 Å². The van der Waals surface area contributed by atoms with Crippen LogP contribution in [0.4, 0.5) is 0 Å². The molecule has 1 aliphatic heterocycles. The second kappa shape index (κ2) is 3.86. The number of hydrogen-bond acceptors (Lipinski definition) is 3. The molecule has 2 heterocycles. The minimum atomic E-state index is 0.183. The van der Waals surface area contributed by atoms with E-state index in [0.717, 1.165) is 25.1 Å². The first kappa shape index (κ1) is 10.3. The minimum Gasteiger partial charge on any atom is -0.338 e. The zero-order valence-corrected chi connectivity index (χ0v) is 9.95. The van der Waals surface area contributed by atoms with Crippen molar-refractivity contribution in [2.45, 2.75) is 18.9 Å². The lowest BCUT2D eigenvalue weighted by Gasteiger charge is -2.18. The summed E-state index contributed by atoms with van der Waals surface area (Å²) in [6, 6.07) is 2.21. The Morgan fingerprint density at radius 3 is 3.00 bits per heavy atom. The number of hydrogen-bond donors (Lipinski definition) is 1. The summed E-state index contributed by atoms with van der Waals surface area (Å²) < 4.78 is 0. The van der Waals surface area contributed by atoms with Gasteiger partial charge in [0.25, 0.3) is 5.91 Å². The number of carbonyl (C=O) groups is 1. The van der Waals surface area contributed by atoms with Crippen molar-refractivity contribution >= 4 is 17.2 Å². The van der Waals surface area contributed by atoms with Crippen LogP contribution in [0.5, 0.6) is 0 Å². The van der Waals surface area contributed by atoms with E-state index < -0.39 is 0 Å². The van der Waals surface area contributed by atoms with Crippen molar-refractivity contribution < 1.29 is 4.79 Å². The van der Waals surface area contributed by atoms with Crippen LogP contribution in [0.15, 0.2) is 16.8 Å². The van der Waals surface area contributed by atoms with E-state index in [2.05, 4.69) is 0 Å². The fourth-order valence-corrected chi connectivity index (χ4v) is 3.67. The molecular formula is C12H16N2OS. The average Bonchev–Trinajstić information content (AvgIpc) is 2.96. The van der Waals surface area contributed by atoms with Gasteiger partial charge in [0.2, 0.25) is 0 Å². The summed E-state index contributed by atoms with van der Waals surface area (Å²) in [6.07, 6.45) is 2.33. The molecule has 4 heteroatoms. The van der Waals surface area contributed by atoms with Gasteiger partial charge in [0.1, 0.15) is 0 Å². The lowest BCUT2D eigenvalue weighted by atomic mass is 9.98. The van der Waals surface area contributed by atoms with Gasteiger partial charge in [-0.2, -0.15) is 11.3 Å². The minimum absolute atomic E-state index is 0.183. The first-order valence-corrected chi connectivity index (χ1v) is 6.77. The monoisotopic (exact) mass is 236 g/mol. The van der Waals surface area contributed by atoms with Gasteiger partial charge in [-0.1, -0.05) is 0 Å². The van der Waals surface area contributed by atoms with Crippen LogP contribution in [0.25, 0.3) is 0 Å². The molecule has 2 aliphatic rings. The molecule has 1 aliphatic carbocycles. The number of carbonyl (C=O) groups excluding carboxylic acids is 1. The summed E-state index contributed by atoms with van der Waals surface area (Å²) in [5.74, 6) is 1.38. The van der Waals surface area contributed by atoms with E-state index in [1.54, 1.807) is 11.3 Å². The molecule has 0 bridgehead atoms. The molecule has 3 atom stereocenters. The molecule has 86 valence electrons. The van der Waals surface area contributed by atoms with E-state index in [1.165, 1.54) is 6.42 Å². The van der Waals surface area contributed by atoms with Crippen LogP contribution in [0.2, 0.25) is 0 Å². The maximum atomic E-state index is 12.1. The van der Waals surface area contributed by atoms with Gasteiger partial charge in [-0.25, -0.2) is 0 Å². The van der Waals surface area contributed by atoms with Gasteiger partial charge in [-0.15, -0.1) is 0 Å². The van der Waals surface area contributed by atoms with Crippen molar-refractivity contribution in [1.29, 1.82) is 0 Å². The van der Waals surface area contributed by atoms with E-state index in [4.69, 9.17) is 5.73 Å². The van der Waals surface area contributed by atoms with Crippen LogP contribution in [0, 0.1) is 11.8 Å². The zero-order valence-electron chi connectivity index (χ0n) is 9.13. The topological polar surface area (TPSA) is 46.3 Å². The van der Waals surface area contributed by atoms with Gasteiger partial charge in [-0.3, -0.25) is 4.79 Å². The molecule has 1 saturated heterocycles. The highest BCUT2D eigenvalue weighted by atomic mass is 32.1. The van der Waals surface area contributed by atoms with Gasteiger partial charge in [0.05, 0.1) is 5.56 Å². The largest absolute Gasteiger partial charge is 0.338 e. The Morgan fingerprint density at radius 2 is 2.31 bits per heavy atom. The first-order valence-electron chi connectivity index (χ1n) is 5.83. The number of fused-ring (bicyclic) bond motifs is 1. The average molecular weight is 236 g/mol. The third-order valence-electron chi connectivity index (χ3n) is 3.97. The normalized spacial score (nSPS) is 33.1. The standard InChI is InChI=1S/C12H16N2OS/c13-11-2-1-8-5-14(6-10(8)11)12(15)9-3-4-16-7-9/h3-4,7-8,10-11H,1-2,5-6,13H2/t8-,10-,11+/m0/s1. The third kappa shape index (κ3) is 1.57. The van der Waals surface area contributed by atoms with Crippen molar-refractivity contribution in [2.75, 3.05) is 13.1 Å². The van der Waals surface area contributed by atoms with Crippen molar-refractivity contribution in [3.8, 4) is 0 Å². The molecule has 1 aromatic rings. The zero-order chi connectivity index (χ0) is 11.1. The molecule has 0 unspecified atom stereocenters. The molecule has 0 aromatic carbocycles. The van der Waals surface area contributed by atoms with Gasteiger partial charge in [0.15, 0.2) is 0 Å². The van der Waals surface area contributed by atoms with Crippen molar-refractivity contribution in [2.24, 2.45) is 17.6 Å². The number of thiophene rings is 1. The van der Waals surface area contributed by atoms with Gasteiger partial charge >= 0.3 is 0 Å². The quantitative estimate of drug-likeness (QED) is 0.804. The van der Waals surface area contributed by atoms with E-state index in [9.17, 15) is 4.79 Å². The Morgan fingerprint density at radius 1 is 1.44 bits per heavy atom. The Labute approximate surface area is 99.2 Å². The van der Waals surface area contributed by atoms with E-state index in [1.807, 2.05) is 21.7 Å². The van der Waals surface area contributed by atoms with Crippen molar-refractivity contribution in [1.82, 2.24) is 4.90 Å². The van der Waals surface area contributed by atoms with Gasteiger partial charge in [-0.05, 0) is 36.1 Å². The molecule has 1 amide bonds. The van der Waals surface area contributed by atoms with Crippen molar-refractivity contribution in [3.05, 3.63) is 22.4 Å². The number of likely N-dealkylation sites (tertiary alicyclic amines) is 1. The molecule has 2 fully saturated rings. The fraction of sp³-hybridized carbons (Fsp3) is 0.583. The lowest BCUT2D eigenvalue weighted by molar-refractivity contribution is 0.0780. The van der Waals surface area contributed by atoms with Crippen LogP contribution in [-0.4, -0.2) is 29.9 Å². The molecular weight excluding hydrogens is 220 g/mol. The lowest BCUT2D eigenvalue weighted by Crippen LogP contribution is -2.33. The van der Waals surface area contributed by atoms with Crippen LogP contribution in [0.3, 0.4) is 0 Å². The number of amides is 1. The van der Waals surface area contributed by atoms with Gasteiger partial charge < -0.3 is 10.6 Å². The number of rotatable bonds is 1. The summed E-state index contributed by atoms with van der Waals surface area (Å²) in [6.45, 7) is 1.77. The molecule has 16 heavy (non-hydrogen) atoms.